The highest BCUT2D eigenvalue weighted by atomic mass is 32.2. The summed E-state index contributed by atoms with van der Waals surface area (Å²) in [5.74, 6) is 1.43. The van der Waals surface area contributed by atoms with Crippen molar-refractivity contribution in [3.63, 3.8) is 0 Å². The third-order valence-corrected chi connectivity index (χ3v) is 5.63. The molecule has 1 saturated heterocycles. The molecule has 2 heterocycles. The van der Waals surface area contributed by atoms with Gasteiger partial charge in [0, 0.05) is 19.0 Å². The summed E-state index contributed by atoms with van der Waals surface area (Å²) in [6.45, 7) is 12.2. The number of likely N-dealkylation sites (tertiary alicyclic amines) is 1. The van der Waals surface area contributed by atoms with E-state index >= 15 is 0 Å². The average molecular weight is 394 g/mol. The van der Waals surface area contributed by atoms with Crippen LogP contribution in [-0.4, -0.2) is 44.5 Å². The van der Waals surface area contributed by atoms with Crippen LogP contribution >= 0.6 is 0 Å². The highest BCUT2D eigenvalue weighted by Crippen LogP contribution is 2.30. The summed E-state index contributed by atoms with van der Waals surface area (Å²) in [4.78, 5) is 2.13. The molecule has 1 aromatic rings. The Morgan fingerprint density at radius 2 is 2.15 bits per heavy atom. The smallest absolute Gasteiger partial charge is 0.259 e. The predicted molar refractivity (Wildman–Crippen MR) is 105 cm³/mol. The van der Waals surface area contributed by atoms with Crippen LogP contribution in [0.25, 0.3) is 0 Å². The summed E-state index contributed by atoms with van der Waals surface area (Å²) in [6, 6.07) is 5.32. The molecule has 7 nitrogen and oxygen atoms in total. The second-order valence-electron chi connectivity index (χ2n) is 8.01. The Balaban J connectivity index is 1.63. The Morgan fingerprint density at radius 1 is 1.41 bits per heavy atom. The lowest BCUT2D eigenvalue weighted by Gasteiger charge is -2.28. The summed E-state index contributed by atoms with van der Waals surface area (Å²) < 4.78 is 39.0. The van der Waals surface area contributed by atoms with Gasteiger partial charge in [0.15, 0.2) is 5.88 Å². The molecule has 1 unspecified atom stereocenters. The van der Waals surface area contributed by atoms with Gasteiger partial charge in [-0.1, -0.05) is 12.1 Å². The lowest BCUT2D eigenvalue weighted by atomic mass is 10.1. The van der Waals surface area contributed by atoms with Gasteiger partial charge >= 0.3 is 0 Å². The number of ether oxygens (including phenoxy) is 2. The summed E-state index contributed by atoms with van der Waals surface area (Å²) in [5, 5.41) is 0. The molecule has 0 saturated carbocycles. The first-order valence-electron chi connectivity index (χ1n) is 9.00. The molecule has 1 fully saturated rings. The van der Waals surface area contributed by atoms with Crippen LogP contribution in [0, 0.1) is 5.92 Å². The van der Waals surface area contributed by atoms with Crippen LogP contribution in [-0.2, 0) is 20.5 Å². The summed E-state index contributed by atoms with van der Waals surface area (Å²) >= 11 is 0. The van der Waals surface area contributed by atoms with Crippen LogP contribution < -0.4 is 10.5 Å². The fourth-order valence-electron chi connectivity index (χ4n) is 3.35. The summed E-state index contributed by atoms with van der Waals surface area (Å²) in [5.41, 5.74) is 6.82. The fourth-order valence-corrected chi connectivity index (χ4v) is 4.44. The highest BCUT2D eigenvalue weighted by Gasteiger charge is 2.28. The molecule has 148 valence electrons. The van der Waals surface area contributed by atoms with Crippen LogP contribution in [0.2, 0.25) is 0 Å². The first kappa shape index (κ1) is 19.5. The van der Waals surface area contributed by atoms with Crippen molar-refractivity contribution in [1.82, 2.24) is 4.90 Å². The van der Waals surface area contributed by atoms with E-state index in [9.17, 15) is 8.42 Å². The van der Waals surface area contributed by atoms with E-state index in [-0.39, 0.29) is 17.2 Å². The van der Waals surface area contributed by atoms with Crippen molar-refractivity contribution in [1.29, 1.82) is 0 Å². The minimum atomic E-state index is -3.55. The van der Waals surface area contributed by atoms with Crippen molar-refractivity contribution in [3.05, 3.63) is 41.8 Å². The van der Waals surface area contributed by atoms with Crippen molar-refractivity contribution >= 4 is 15.9 Å². The number of rotatable bonds is 5. The van der Waals surface area contributed by atoms with Crippen LogP contribution in [0.1, 0.15) is 38.3 Å². The highest BCUT2D eigenvalue weighted by molar-refractivity contribution is 7.89. The second kappa shape index (κ2) is 7.07. The lowest BCUT2D eigenvalue weighted by Crippen LogP contribution is -2.29. The van der Waals surface area contributed by atoms with E-state index in [1.54, 1.807) is 18.2 Å². The topological polar surface area (TPSA) is 94.2 Å². The first-order chi connectivity index (χ1) is 12.5. The van der Waals surface area contributed by atoms with E-state index in [1.165, 1.54) is 0 Å². The number of nitrogens with zero attached hydrogens (tertiary/aromatic N) is 2. The van der Waals surface area contributed by atoms with Gasteiger partial charge in [-0.3, -0.25) is 0 Å². The molecule has 0 amide bonds. The van der Waals surface area contributed by atoms with Crippen molar-refractivity contribution < 1.29 is 17.9 Å². The zero-order valence-electron chi connectivity index (χ0n) is 16.1. The standard InChI is InChI=1S/C19H27N3O4S/c1-13(26-19(2,3)4)22-9-8-14(10-22)11-25-16-7-5-6-15-12-27(23,24)21-18(20)17(15)16/h5-7,14H,1,8-12H2,2-4H3,(H2,20,21). The number of fused-ring (bicyclic) bond motifs is 1. The van der Waals surface area contributed by atoms with Gasteiger partial charge < -0.3 is 20.1 Å². The number of benzene rings is 1. The van der Waals surface area contributed by atoms with E-state index in [2.05, 4.69) is 15.9 Å². The molecule has 0 bridgehead atoms. The number of hydrogen-bond acceptors (Lipinski definition) is 6. The van der Waals surface area contributed by atoms with Gasteiger partial charge in [-0.2, -0.15) is 0 Å². The van der Waals surface area contributed by atoms with E-state index in [0.29, 0.717) is 35.3 Å². The molecule has 8 heteroatoms. The Hall–Kier alpha value is -2.22. The Bertz CT molecular complexity index is 871. The van der Waals surface area contributed by atoms with Gasteiger partial charge in [-0.15, -0.1) is 4.40 Å². The maximum atomic E-state index is 11.8. The molecule has 3 rings (SSSR count). The summed E-state index contributed by atoms with van der Waals surface area (Å²) in [7, 11) is -3.55. The van der Waals surface area contributed by atoms with Crippen LogP contribution in [0.15, 0.2) is 35.1 Å². The van der Waals surface area contributed by atoms with Crippen molar-refractivity contribution in [3.8, 4) is 5.75 Å². The van der Waals surface area contributed by atoms with Gasteiger partial charge in [0.2, 0.25) is 0 Å². The monoisotopic (exact) mass is 393 g/mol. The van der Waals surface area contributed by atoms with Crippen molar-refractivity contribution in [2.24, 2.45) is 16.0 Å². The Labute approximate surface area is 160 Å². The zero-order valence-corrected chi connectivity index (χ0v) is 16.9. The van der Waals surface area contributed by atoms with Gasteiger partial charge in [-0.25, -0.2) is 8.42 Å². The van der Waals surface area contributed by atoms with Crippen molar-refractivity contribution in [2.45, 2.75) is 38.5 Å². The molecule has 0 aliphatic carbocycles. The largest absolute Gasteiger partial charge is 0.492 e. The summed E-state index contributed by atoms with van der Waals surface area (Å²) in [6.07, 6.45) is 0.972. The molecule has 0 spiro atoms. The van der Waals surface area contributed by atoms with E-state index < -0.39 is 10.0 Å². The second-order valence-corrected chi connectivity index (χ2v) is 9.65. The molecule has 0 radical (unpaired) electrons. The fraction of sp³-hybridized carbons (Fsp3) is 0.526. The van der Waals surface area contributed by atoms with E-state index in [4.69, 9.17) is 15.2 Å². The average Bonchev–Trinajstić information content (AvgIpc) is 2.98. The molecule has 1 atom stereocenters. The lowest BCUT2D eigenvalue weighted by molar-refractivity contribution is 0.00761. The zero-order chi connectivity index (χ0) is 19.8. The van der Waals surface area contributed by atoms with Gasteiger partial charge in [0.05, 0.1) is 17.9 Å². The molecular formula is C19H27N3O4S. The van der Waals surface area contributed by atoms with Gasteiger partial charge in [0.1, 0.15) is 17.2 Å². The number of amidine groups is 1. The quantitative estimate of drug-likeness (QED) is 0.771. The van der Waals surface area contributed by atoms with Crippen LogP contribution in [0.3, 0.4) is 0 Å². The number of sulfonamides is 1. The minimum absolute atomic E-state index is 0.00754. The Kier molecular flexibility index (Phi) is 5.12. The van der Waals surface area contributed by atoms with Gasteiger partial charge in [0.25, 0.3) is 10.0 Å². The molecule has 0 aromatic heterocycles. The molecule has 27 heavy (non-hydrogen) atoms. The Morgan fingerprint density at radius 3 is 2.85 bits per heavy atom. The molecule has 2 N–H and O–H groups in total. The van der Waals surface area contributed by atoms with E-state index in [1.807, 2.05) is 20.8 Å². The van der Waals surface area contributed by atoms with Gasteiger partial charge in [-0.05, 0) is 45.4 Å². The molecule has 2 aliphatic heterocycles. The normalized spacial score (nSPS) is 21.4. The number of hydrogen-bond donors (Lipinski definition) is 1. The molecule has 2 aliphatic rings. The first-order valence-corrected chi connectivity index (χ1v) is 10.6. The maximum Gasteiger partial charge on any atom is 0.259 e. The van der Waals surface area contributed by atoms with Crippen molar-refractivity contribution in [2.75, 3.05) is 19.7 Å². The third-order valence-electron chi connectivity index (χ3n) is 4.48. The molecular weight excluding hydrogens is 366 g/mol. The molecule has 1 aromatic carbocycles. The number of nitrogens with two attached hydrogens (primary N) is 1. The van der Waals surface area contributed by atoms with E-state index in [0.717, 1.165) is 19.5 Å². The predicted octanol–water partition coefficient (Wildman–Crippen LogP) is 2.22. The third kappa shape index (κ3) is 4.74. The SMILES string of the molecule is C=C(OC(C)(C)C)N1CCC(COc2cccc3c2C(N)=NS(=O)(=O)C3)C1. The maximum absolute atomic E-state index is 11.8. The van der Waals surface area contributed by atoms with Crippen LogP contribution in [0.5, 0.6) is 5.75 Å². The minimum Gasteiger partial charge on any atom is -0.492 e. The van der Waals surface area contributed by atoms with Crippen LogP contribution in [0.4, 0.5) is 0 Å².